The quantitative estimate of drug-likeness (QED) is 0.906. The maximum Gasteiger partial charge on any atom is 0.416 e. The van der Waals surface area contributed by atoms with Gasteiger partial charge in [0.25, 0.3) is 0 Å². The minimum Gasteiger partial charge on any atom is -0.388 e. The third-order valence-corrected chi connectivity index (χ3v) is 3.39. The molecular formula is C14H11BrF3NO. The topological polar surface area (TPSA) is 33.1 Å². The highest BCUT2D eigenvalue weighted by Crippen LogP contribution is 2.34. The summed E-state index contributed by atoms with van der Waals surface area (Å²) in [6.45, 7) is 0. The molecule has 106 valence electrons. The number of hydrogen-bond donors (Lipinski definition) is 1. The lowest BCUT2D eigenvalue weighted by Gasteiger charge is -2.17. The van der Waals surface area contributed by atoms with Crippen LogP contribution in [0.3, 0.4) is 0 Å². The smallest absolute Gasteiger partial charge is 0.388 e. The van der Waals surface area contributed by atoms with Crippen molar-refractivity contribution in [3.8, 4) is 0 Å². The summed E-state index contributed by atoms with van der Waals surface area (Å²) in [5.41, 5.74) is -0.308. The molecule has 0 aliphatic heterocycles. The Labute approximate surface area is 122 Å². The van der Waals surface area contributed by atoms with E-state index in [2.05, 4.69) is 20.9 Å². The van der Waals surface area contributed by atoms with Gasteiger partial charge in [-0.2, -0.15) is 13.2 Å². The van der Waals surface area contributed by atoms with E-state index in [0.29, 0.717) is 0 Å². The summed E-state index contributed by atoms with van der Waals surface area (Å²) in [4.78, 5) is 3.67. The lowest BCUT2D eigenvalue weighted by Crippen LogP contribution is -2.13. The summed E-state index contributed by atoms with van der Waals surface area (Å²) in [6.07, 6.45) is -3.52. The number of aromatic nitrogens is 1. The molecule has 1 unspecified atom stereocenters. The highest BCUT2D eigenvalue weighted by Gasteiger charge is 2.34. The van der Waals surface area contributed by atoms with Crippen LogP contribution in [0.2, 0.25) is 0 Å². The molecule has 20 heavy (non-hydrogen) atoms. The van der Waals surface area contributed by atoms with Gasteiger partial charge in [-0.1, -0.05) is 28.1 Å². The molecule has 0 aliphatic rings. The van der Waals surface area contributed by atoms with Crippen molar-refractivity contribution in [3.63, 3.8) is 0 Å². The minimum atomic E-state index is -4.50. The Morgan fingerprint density at radius 1 is 1.15 bits per heavy atom. The van der Waals surface area contributed by atoms with Crippen LogP contribution in [0.1, 0.15) is 22.8 Å². The van der Waals surface area contributed by atoms with Gasteiger partial charge in [-0.05, 0) is 23.8 Å². The molecule has 1 N–H and O–H groups in total. The van der Waals surface area contributed by atoms with Crippen LogP contribution >= 0.6 is 15.9 Å². The minimum absolute atomic E-state index is 0.0993. The van der Waals surface area contributed by atoms with Crippen molar-refractivity contribution in [2.45, 2.75) is 18.7 Å². The van der Waals surface area contributed by atoms with E-state index in [9.17, 15) is 18.3 Å². The van der Waals surface area contributed by atoms with Crippen LogP contribution in [0, 0.1) is 0 Å². The van der Waals surface area contributed by atoms with Gasteiger partial charge in [0.2, 0.25) is 0 Å². The third-order valence-electron chi connectivity index (χ3n) is 2.86. The first-order valence-corrected chi connectivity index (χ1v) is 6.61. The van der Waals surface area contributed by atoms with E-state index >= 15 is 0 Å². The highest BCUT2D eigenvalue weighted by molar-refractivity contribution is 9.10. The fourth-order valence-electron chi connectivity index (χ4n) is 1.88. The number of benzene rings is 1. The molecule has 2 nitrogen and oxygen atoms in total. The summed E-state index contributed by atoms with van der Waals surface area (Å²) in [5.74, 6) is 0. The molecular weight excluding hydrogens is 335 g/mol. The molecule has 0 fully saturated rings. The highest BCUT2D eigenvalue weighted by atomic mass is 79.9. The molecule has 6 heteroatoms. The third kappa shape index (κ3) is 3.58. The largest absolute Gasteiger partial charge is 0.416 e. The first-order valence-electron chi connectivity index (χ1n) is 5.81. The summed E-state index contributed by atoms with van der Waals surface area (Å²) < 4.78 is 39.4. The molecule has 0 aliphatic carbocycles. The Morgan fingerprint density at radius 2 is 1.80 bits per heavy atom. The number of halogens is 4. The molecule has 0 saturated heterocycles. The normalized spacial score (nSPS) is 13.2. The van der Waals surface area contributed by atoms with Gasteiger partial charge in [-0.3, -0.25) is 4.98 Å². The predicted molar refractivity (Wildman–Crippen MR) is 72.0 cm³/mol. The molecule has 0 amide bonds. The monoisotopic (exact) mass is 345 g/mol. The maximum absolute atomic E-state index is 12.9. The Hall–Kier alpha value is -1.40. The summed E-state index contributed by atoms with van der Waals surface area (Å²) in [5, 5.41) is 10.0. The van der Waals surface area contributed by atoms with Crippen molar-refractivity contribution in [1.82, 2.24) is 4.98 Å². The predicted octanol–water partition coefficient (Wildman–Crippen LogP) is 4.14. The van der Waals surface area contributed by atoms with Crippen LogP contribution in [-0.2, 0) is 12.6 Å². The number of pyridine rings is 1. The Kier molecular flexibility index (Phi) is 4.45. The van der Waals surface area contributed by atoms with Crippen LogP contribution < -0.4 is 0 Å². The first kappa shape index (κ1) is 15.0. The van der Waals surface area contributed by atoms with Gasteiger partial charge in [0.15, 0.2) is 0 Å². The number of nitrogens with zero attached hydrogens (tertiary/aromatic N) is 1. The second kappa shape index (κ2) is 5.93. The van der Waals surface area contributed by atoms with Gasteiger partial charge in [0, 0.05) is 28.9 Å². The zero-order valence-electron chi connectivity index (χ0n) is 10.2. The Bertz CT molecular complexity index is 584. The van der Waals surface area contributed by atoms with Crippen molar-refractivity contribution in [2.24, 2.45) is 0 Å². The molecule has 2 aromatic rings. The van der Waals surface area contributed by atoms with Crippen LogP contribution in [-0.4, -0.2) is 10.1 Å². The first-order chi connectivity index (χ1) is 9.38. The SMILES string of the molecule is OC(Cc1ccc(Br)cc1)c1cnccc1C(F)(F)F. The fourth-order valence-corrected chi connectivity index (χ4v) is 2.15. The number of rotatable bonds is 3. The van der Waals surface area contributed by atoms with Crippen molar-refractivity contribution < 1.29 is 18.3 Å². The van der Waals surface area contributed by atoms with Gasteiger partial charge in [-0.15, -0.1) is 0 Å². The van der Waals surface area contributed by atoms with E-state index in [1.54, 1.807) is 24.3 Å². The summed E-state index contributed by atoms with van der Waals surface area (Å²) >= 11 is 3.27. The van der Waals surface area contributed by atoms with Gasteiger partial charge in [0.05, 0.1) is 11.7 Å². The average Bonchev–Trinajstić information content (AvgIpc) is 2.40. The van der Waals surface area contributed by atoms with E-state index in [-0.39, 0.29) is 12.0 Å². The van der Waals surface area contributed by atoms with E-state index in [1.807, 2.05) is 0 Å². The summed E-state index contributed by atoms with van der Waals surface area (Å²) in [7, 11) is 0. The van der Waals surface area contributed by atoms with Crippen molar-refractivity contribution in [2.75, 3.05) is 0 Å². The zero-order chi connectivity index (χ0) is 14.8. The van der Waals surface area contributed by atoms with Crippen molar-refractivity contribution in [1.29, 1.82) is 0 Å². The Morgan fingerprint density at radius 3 is 2.40 bits per heavy atom. The van der Waals surface area contributed by atoms with E-state index in [1.165, 1.54) is 0 Å². The molecule has 1 heterocycles. The molecule has 1 aromatic carbocycles. The standard InChI is InChI=1S/C14H11BrF3NO/c15-10-3-1-9(2-4-10)7-13(20)11-8-19-6-5-12(11)14(16,17)18/h1-6,8,13,20H,7H2. The average molecular weight is 346 g/mol. The molecule has 0 saturated carbocycles. The van der Waals surface area contributed by atoms with Crippen LogP contribution in [0.25, 0.3) is 0 Å². The fraction of sp³-hybridized carbons (Fsp3) is 0.214. The second-order valence-electron chi connectivity index (χ2n) is 4.31. The number of hydrogen-bond acceptors (Lipinski definition) is 2. The van der Waals surface area contributed by atoms with E-state index in [0.717, 1.165) is 28.5 Å². The van der Waals surface area contributed by atoms with Gasteiger partial charge < -0.3 is 5.11 Å². The number of aliphatic hydroxyl groups is 1. The molecule has 1 aromatic heterocycles. The molecule has 0 radical (unpaired) electrons. The molecule has 0 spiro atoms. The second-order valence-corrected chi connectivity index (χ2v) is 5.22. The van der Waals surface area contributed by atoms with Gasteiger partial charge in [0.1, 0.15) is 0 Å². The number of aliphatic hydroxyl groups excluding tert-OH is 1. The van der Waals surface area contributed by atoms with Gasteiger partial charge in [-0.25, -0.2) is 0 Å². The van der Waals surface area contributed by atoms with E-state index < -0.39 is 17.8 Å². The van der Waals surface area contributed by atoms with Crippen LogP contribution in [0.15, 0.2) is 47.2 Å². The Balaban J connectivity index is 2.25. The van der Waals surface area contributed by atoms with E-state index in [4.69, 9.17) is 0 Å². The maximum atomic E-state index is 12.9. The zero-order valence-corrected chi connectivity index (χ0v) is 11.8. The van der Waals surface area contributed by atoms with Crippen molar-refractivity contribution >= 4 is 15.9 Å². The molecule has 2 rings (SSSR count). The molecule has 1 atom stereocenters. The lowest BCUT2D eigenvalue weighted by atomic mass is 9.99. The van der Waals surface area contributed by atoms with Crippen molar-refractivity contribution in [3.05, 3.63) is 63.9 Å². The number of alkyl halides is 3. The summed E-state index contributed by atoms with van der Waals surface area (Å²) in [6, 6.07) is 7.92. The van der Waals surface area contributed by atoms with Gasteiger partial charge >= 0.3 is 6.18 Å². The van der Waals surface area contributed by atoms with Crippen LogP contribution in [0.4, 0.5) is 13.2 Å². The lowest BCUT2D eigenvalue weighted by molar-refractivity contribution is -0.139. The van der Waals surface area contributed by atoms with Crippen LogP contribution in [0.5, 0.6) is 0 Å². The molecule has 0 bridgehead atoms.